The fraction of sp³-hybridized carbons (Fsp3) is 0.500. The van der Waals surface area contributed by atoms with Gasteiger partial charge in [-0.05, 0) is 0 Å². The zero-order valence-corrected chi connectivity index (χ0v) is 13.8. The van der Waals surface area contributed by atoms with Gasteiger partial charge in [-0.3, -0.25) is 0 Å². The van der Waals surface area contributed by atoms with Crippen LogP contribution < -0.4 is 17.0 Å². The molecule has 1 aliphatic rings. The predicted molar refractivity (Wildman–Crippen MR) is 58.3 cm³/mol. The molecule has 0 saturated carbocycles. The van der Waals surface area contributed by atoms with Crippen LogP contribution in [0, 0.1) is 0 Å². The van der Waals surface area contributed by atoms with Crippen LogP contribution in [0.3, 0.4) is 0 Å². The number of carbonyl (C=O) groups excluding carboxylic acids is 4. The maximum absolute atomic E-state index is 11.5. The maximum Gasteiger partial charge on any atom is -0.369 e. The summed E-state index contributed by atoms with van der Waals surface area (Å²) in [6.07, 6.45) is -2.06. The minimum absolute atomic E-state index is 0. The zero-order chi connectivity index (χ0) is 14.6. The number of carboxylic acids is 1. The van der Waals surface area contributed by atoms with Crippen LogP contribution >= 0.6 is 0 Å². The van der Waals surface area contributed by atoms with Crippen LogP contribution in [0.15, 0.2) is 0 Å². The van der Waals surface area contributed by atoms with Gasteiger partial charge < -0.3 is 6.15 Å². The maximum atomic E-state index is 11.5. The summed E-state index contributed by atoms with van der Waals surface area (Å²) >= 11 is -4.18. The van der Waals surface area contributed by atoms with Gasteiger partial charge in [0, 0.05) is 0 Å². The second kappa shape index (κ2) is 7.43. The number of carboxylic acid groups (broad SMARTS) is 1. The van der Waals surface area contributed by atoms with E-state index in [2.05, 4.69) is 8.44 Å². The second-order valence-corrected chi connectivity index (χ2v) is 7.36. The first-order valence-corrected chi connectivity index (χ1v) is 9.09. The Hall–Kier alpha value is -1.36. The summed E-state index contributed by atoms with van der Waals surface area (Å²) in [5, 5.41) is 20.2. The van der Waals surface area contributed by atoms with E-state index in [0.29, 0.717) is 0 Å². The van der Waals surface area contributed by atoms with E-state index in [9.17, 15) is 29.4 Å². The van der Waals surface area contributed by atoms with E-state index in [4.69, 9.17) is 5.73 Å². The molecular weight excluding hydrogens is 477 g/mol. The van der Waals surface area contributed by atoms with Gasteiger partial charge in [0.05, 0.1) is 0 Å². The predicted octanol–water partition coefficient (Wildman–Crippen LogP) is -3.79. The summed E-state index contributed by atoms with van der Waals surface area (Å²) in [4.78, 5) is 44.2. The Bertz CT molecular complexity index is 428. The van der Waals surface area contributed by atoms with Crippen molar-refractivity contribution >= 4 is 46.9 Å². The van der Waals surface area contributed by atoms with Crippen molar-refractivity contribution in [2.45, 2.75) is 18.4 Å². The molecule has 1 rings (SSSR count). The Morgan fingerprint density at radius 1 is 1.45 bits per heavy atom. The van der Waals surface area contributed by atoms with Gasteiger partial charge in [-0.15, -0.1) is 0 Å². The van der Waals surface area contributed by atoms with Crippen molar-refractivity contribution < 1.29 is 37.8 Å². The number of aliphatic hydroxyl groups is 1. The fourth-order valence-corrected chi connectivity index (χ4v) is 4.58. The molecule has 1 aliphatic heterocycles. The van der Waals surface area contributed by atoms with Crippen LogP contribution in [-0.2, 0) is 27.6 Å². The average Bonchev–Trinajstić information content (AvgIpc) is 2.35. The normalized spacial score (nSPS) is 22.9. The number of hydrogen-bond acceptors (Lipinski definition) is 10. The van der Waals surface area contributed by atoms with Gasteiger partial charge in [0.25, 0.3) is 0 Å². The molecule has 7 N–H and O–H groups in total. The Morgan fingerprint density at radius 2 is 2.05 bits per heavy atom. The summed E-state index contributed by atoms with van der Waals surface area (Å²) in [7, 11) is 0. The molecule has 0 spiro atoms. The largest absolute Gasteiger partial charge is 0.369 e. The Labute approximate surface area is 122 Å². The SMILES string of the molecule is NCC(=O)[O][Bi]1[O]C(=O)CC(O)(CC(=O)[O-])C(=O)[O]1.[NH4+]. The molecule has 0 aromatic heterocycles. The standard InChI is InChI=1S/C6H8O7.C2H5NO2.Bi.H3N/c7-3(8)1-6(13,5(11)12)2-4(9)10;3-1-2(4)5;;/h13H,1-2H2,(H,7,8)(H,9,10)(H,11,12);1,3H2,(H,4,5);;1H3/q;;+3;/p-3. The van der Waals surface area contributed by atoms with Gasteiger partial charge in [-0.25, -0.2) is 0 Å². The van der Waals surface area contributed by atoms with E-state index in [1.807, 2.05) is 0 Å². The van der Waals surface area contributed by atoms with Crippen molar-refractivity contribution in [3.05, 3.63) is 0 Å². The number of hydrogen-bond donors (Lipinski definition) is 3. The minimum Gasteiger partial charge on any atom is -0.369 e. The van der Waals surface area contributed by atoms with Crippen molar-refractivity contribution in [2.24, 2.45) is 5.73 Å². The molecule has 0 bridgehead atoms. The van der Waals surface area contributed by atoms with Crippen LogP contribution in [-0.4, -0.2) is 64.2 Å². The third-order valence-corrected chi connectivity index (χ3v) is 5.90. The second-order valence-electron chi connectivity index (χ2n) is 3.49. The summed E-state index contributed by atoms with van der Waals surface area (Å²) < 4.78 is 13.7. The third-order valence-electron chi connectivity index (χ3n) is 1.93. The quantitative estimate of drug-likeness (QED) is 0.328. The fourth-order valence-electron chi connectivity index (χ4n) is 1.13. The van der Waals surface area contributed by atoms with Gasteiger partial charge in [-0.1, -0.05) is 0 Å². The van der Waals surface area contributed by atoms with Gasteiger partial charge >= 0.3 is 116 Å². The monoisotopic (exact) mass is 490 g/mol. The molecule has 0 radical (unpaired) electrons. The van der Waals surface area contributed by atoms with Gasteiger partial charge in [0.1, 0.15) is 0 Å². The van der Waals surface area contributed by atoms with E-state index < -0.39 is 71.9 Å². The molecule has 0 aromatic rings. The molecule has 12 heteroatoms. The third kappa shape index (κ3) is 4.96. The first kappa shape index (κ1) is 18.6. The van der Waals surface area contributed by atoms with Gasteiger partial charge in [0.2, 0.25) is 0 Å². The zero-order valence-electron chi connectivity index (χ0n) is 10.4. The number of quaternary nitrogens is 1. The molecular formula is C8H13BiN2O9. The number of aliphatic carboxylic acids is 1. The molecule has 11 nitrogen and oxygen atoms in total. The number of nitrogens with two attached hydrogens (primary N) is 1. The summed E-state index contributed by atoms with van der Waals surface area (Å²) in [5.41, 5.74) is 2.37. The van der Waals surface area contributed by atoms with Crippen molar-refractivity contribution in [1.82, 2.24) is 6.15 Å². The Kier molecular flexibility index (Phi) is 6.93. The molecule has 1 unspecified atom stereocenters. The molecule has 1 fully saturated rings. The van der Waals surface area contributed by atoms with Crippen molar-refractivity contribution in [2.75, 3.05) is 6.54 Å². The first-order valence-electron chi connectivity index (χ1n) is 4.83. The van der Waals surface area contributed by atoms with Crippen LogP contribution in [0.25, 0.3) is 0 Å². The van der Waals surface area contributed by atoms with Crippen LogP contribution in [0.5, 0.6) is 0 Å². The van der Waals surface area contributed by atoms with E-state index >= 15 is 0 Å². The number of carbonyl (C=O) groups is 4. The molecule has 1 saturated heterocycles. The molecule has 0 aliphatic carbocycles. The van der Waals surface area contributed by atoms with Gasteiger partial charge in [-0.2, -0.15) is 0 Å². The average molecular weight is 490 g/mol. The van der Waals surface area contributed by atoms with E-state index in [0.717, 1.165) is 0 Å². The van der Waals surface area contributed by atoms with Crippen molar-refractivity contribution in [3.63, 3.8) is 0 Å². The number of rotatable bonds is 4. The van der Waals surface area contributed by atoms with E-state index in [-0.39, 0.29) is 6.15 Å². The van der Waals surface area contributed by atoms with Crippen molar-refractivity contribution in [1.29, 1.82) is 0 Å². The molecule has 1 heterocycles. The topological polar surface area (TPSA) is 202 Å². The summed E-state index contributed by atoms with van der Waals surface area (Å²) in [6.45, 7) is -0.510. The van der Waals surface area contributed by atoms with E-state index in [1.165, 1.54) is 0 Å². The van der Waals surface area contributed by atoms with Crippen LogP contribution in [0.1, 0.15) is 12.8 Å². The van der Waals surface area contributed by atoms with Crippen molar-refractivity contribution in [3.8, 4) is 0 Å². The van der Waals surface area contributed by atoms with Crippen LogP contribution in [0.2, 0.25) is 0 Å². The summed E-state index contributed by atoms with van der Waals surface area (Å²) in [6, 6.07) is 0. The molecule has 0 amide bonds. The smallest absolute Gasteiger partial charge is 0.369 e. The Balaban J connectivity index is 0.00000361. The molecule has 20 heavy (non-hydrogen) atoms. The summed E-state index contributed by atoms with van der Waals surface area (Å²) in [5.74, 6) is -5.19. The minimum atomic E-state index is -4.18. The molecule has 0 aromatic carbocycles. The first-order chi connectivity index (χ1) is 8.76. The van der Waals surface area contributed by atoms with Crippen LogP contribution in [0.4, 0.5) is 0 Å². The van der Waals surface area contributed by atoms with Gasteiger partial charge in [0.15, 0.2) is 0 Å². The Morgan fingerprint density at radius 3 is 2.55 bits per heavy atom. The molecule has 1 atom stereocenters. The van der Waals surface area contributed by atoms with E-state index in [1.54, 1.807) is 0 Å². The molecule has 114 valence electrons.